The topological polar surface area (TPSA) is 43.4 Å². The number of benzene rings is 2. The zero-order valence-electron chi connectivity index (χ0n) is 17.0. The SMILES string of the molecule is CCCCC(C(=O)c1ccc(OC)cc1)C(=O)c1ccc(C(C)(C)C)cc1. The summed E-state index contributed by atoms with van der Waals surface area (Å²) >= 11 is 0. The number of unbranched alkanes of at least 4 members (excludes halogenated alkanes) is 1. The first kappa shape index (κ1) is 20.9. The van der Waals surface area contributed by atoms with E-state index < -0.39 is 5.92 Å². The summed E-state index contributed by atoms with van der Waals surface area (Å²) in [6, 6.07) is 14.7. The Morgan fingerprint density at radius 1 is 0.889 bits per heavy atom. The fraction of sp³-hybridized carbons (Fsp3) is 0.417. The van der Waals surface area contributed by atoms with E-state index in [1.54, 1.807) is 31.4 Å². The fourth-order valence-electron chi connectivity index (χ4n) is 3.08. The lowest BCUT2D eigenvalue weighted by Gasteiger charge is -2.20. The molecule has 0 radical (unpaired) electrons. The second-order valence-corrected chi connectivity index (χ2v) is 7.98. The summed E-state index contributed by atoms with van der Waals surface area (Å²) in [6.07, 6.45) is 2.36. The Morgan fingerprint density at radius 3 is 1.78 bits per heavy atom. The minimum Gasteiger partial charge on any atom is -0.497 e. The molecule has 144 valence electrons. The summed E-state index contributed by atoms with van der Waals surface area (Å²) in [5.74, 6) is -0.152. The Labute approximate surface area is 162 Å². The monoisotopic (exact) mass is 366 g/mol. The van der Waals surface area contributed by atoms with Gasteiger partial charge in [-0.1, -0.05) is 64.8 Å². The normalized spacial score (nSPS) is 12.5. The van der Waals surface area contributed by atoms with Crippen LogP contribution in [0.15, 0.2) is 48.5 Å². The van der Waals surface area contributed by atoms with Crippen LogP contribution in [0, 0.1) is 5.92 Å². The summed E-state index contributed by atoms with van der Waals surface area (Å²) in [7, 11) is 1.59. The first-order chi connectivity index (χ1) is 12.8. The number of carbonyl (C=O) groups is 2. The lowest BCUT2D eigenvalue weighted by atomic mass is 9.83. The lowest BCUT2D eigenvalue weighted by molar-refractivity contribution is 0.0797. The molecule has 0 aromatic heterocycles. The molecule has 0 saturated heterocycles. The average molecular weight is 367 g/mol. The molecule has 3 heteroatoms. The second kappa shape index (κ2) is 8.98. The van der Waals surface area contributed by atoms with E-state index in [9.17, 15) is 9.59 Å². The van der Waals surface area contributed by atoms with Crippen molar-refractivity contribution in [1.82, 2.24) is 0 Å². The predicted octanol–water partition coefficient (Wildman–Crippen LogP) is 5.86. The fourth-order valence-corrected chi connectivity index (χ4v) is 3.08. The molecular formula is C24H30O3. The van der Waals surface area contributed by atoms with Crippen LogP contribution < -0.4 is 4.74 Å². The number of methoxy groups -OCH3 is 1. The molecule has 2 aromatic carbocycles. The largest absolute Gasteiger partial charge is 0.497 e. The van der Waals surface area contributed by atoms with Gasteiger partial charge in [-0.3, -0.25) is 9.59 Å². The minimum atomic E-state index is -0.640. The molecule has 0 amide bonds. The van der Waals surface area contributed by atoms with Crippen molar-refractivity contribution in [3.63, 3.8) is 0 Å². The van der Waals surface area contributed by atoms with Gasteiger partial charge in [0.1, 0.15) is 5.75 Å². The summed E-state index contributed by atoms with van der Waals surface area (Å²) in [4.78, 5) is 26.1. The zero-order chi connectivity index (χ0) is 20.0. The highest BCUT2D eigenvalue weighted by Crippen LogP contribution is 2.25. The Bertz CT molecular complexity index is 765. The quantitative estimate of drug-likeness (QED) is 0.434. The van der Waals surface area contributed by atoms with Crippen LogP contribution in [0.3, 0.4) is 0 Å². The highest BCUT2D eigenvalue weighted by Gasteiger charge is 2.28. The zero-order valence-corrected chi connectivity index (χ0v) is 17.0. The maximum atomic E-state index is 13.1. The summed E-state index contributed by atoms with van der Waals surface area (Å²) in [5.41, 5.74) is 2.36. The minimum absolute atomic E-state index is 0.0299. The molecule has 0 spiro atoms. The Balaban J connectivity index is 2.28. The van der Waals surface area contributed by atoms with Crippen molar-refractivity contribution < 1.29 is 14.3 Å². The van der Waals surface area contributed by atoms with Crippen molar-refractivity contribution in [2.24, 2.45) is 5.92 Å². The van der Waals surface area contributed by atoms with E-state index in [0.717, 1.165) is 12.8 Å². The van der Waals surface area contributed by atoms with Gasteiger partial charge in [0.2, 0.25) is 0 Å². The number of ketones is 2. The summed E-state index contributed by atoms with van der Waals surface area (Å²) in [5, 5.41) is 0. The molecule has 27 heavy (non-hydrogen) atoms. The maximum Gasteiger partial charge on any atom is 0.173 e. The van der Waals surface area contributed by atoms with E-state index in [1.807, 2.05) is 24.3 Å². The van der Waals surface area contributed by atoms with Gasteiger partial charge in [0.25, 0.3) is 0 Å². The van der Waals surface area contributed by atoms with E-state index in [0.29, 0.717) is 23.3 Å². The molecule has 0 heterocycles. The van der Waals surface area contributed by atoms with Crippen LogP contribution in [0.4, 0.5) is 0 Å². The number of hydrogen-bond donors (Lipinski definition) is 0. The van der Waals surface area contributed by atoms with Gasteiger partial charge >= 0.3 is 0 Å². The Kier molecular flexibility index (Phi) is 6.95. The van der Waals surface area contributed by atoms with E-state index in [-0.39, 0.29) is 17.0 Å². The van der Waals surface area contributed by atoms with E-state index in [1.165, 1.54) is 5.56 Å². The molecule has 1 atom stereocenters. The van der Waals surface area contributed by atoms with Crippen molar-refractivity contribution in [3.8, 4) is 5.75 Å². The predicted molar refractivity (Wildman–Crippen MR) is 110 cm³/mol. The Hall–Kier alpha value is -2.42. The van der Waals surface area contributed by atoms with Crippen molar-refractivity contribution in [3.05, 3.63) is 65.2 Å². The third kappa shape index (κ3) is 5.29. The van der Waals surface area contributed by atoms with Gasteiger partial charge in [0, 0.05) is 11.1 Å². The van der Waals surface area contributed by atoms with Gasteiger partial charge in [0.05, 0.1) is 13.0 Å². The van der Waals surface area contributed by atoms with Gasteiger partial charge in [-0.25, -0.2) is 0 Å². The first-order valence-corrected chi connectivity index (χ1v) is 9.61. The molecule has 0 aliphatic carbocycles. The second-order valence-electron chi connectivity index (χ2n) is 7.98. The van der Waals surface area contributed by atoms with Crippen molar-refractivity contribution in [1.29, 1.82) is 0 Å². The first-order valence-electron chi connectivity index (χ1n) is 9.61. The molecule has 1 unspecified atom stereocenters. The van der Waals surface area contributed by atoms with Crippen LogP contribution in [-0.4, -0.2) is 18.7 Å². The molecule has 3 nitrogen and oxygen atoms in total. The van der Waals surface area contributed by atoms with E-state index in [4.69, 9.17) is 4.74 Å². The van der Waals surface area contributed by atoms with Crippen LogP contribution in [0.25, 0.3) is 0 Å². The maximum absolute atomic E-state index is 13.1. The van der Waals surface area contributed by atoms with Gasteiger partial charge in [-0.15, -0.1) is 0 Å². The van der Waals surface area contributed by atoms with E-state index in [2.05, 4.69) is 27.7 Å². The third-order valence-corrected chi connectivity index (χ3v) is 4.89. The molecule has 0 saturated carbocycles. The molecule has 2 rings (SSSR count). The molecule has 0 bridgehead atoms. The number of ether oxygens (including phenoxy) is 1. The number of carbonyl (C=O) groups excluding carboxylic acids is 2. The molecule has 0 aliphatic rings. The third-order valence-electron chi connectivity index (χ3n) is 4.89. The standard InChI is InChI=1S/C24H30O3/c1-6-7-8-21(23(26)18-11-15-20(27-5)16-12-18)22(25)17-9-13-19(14-10-17)24(2,3)4/h9-16,21H,6-8H2,1-5H3. The highest BCUT2D eigenvalue weighted by molar-refractivity contribution is 6.16. The van der Waals surface area contributed by atoms with Crippen LogP contribution in [0.2, 0.25) is 0 Å². The highest BCUT2D eigenvalue weighted by atomic mass is 16.5. The summed E-state index contributed by atoms with van der Waals surface area (Å²) in [6.45, 7) is 8.49. The van der Waals surface area contributed by atoms with Crippen LogP contribution in [-0.2, 0) is 5.41 Å². The Morgan fingerprint density at radius 2 is 1.37 bits per heavy atom. The molecule has 2 aromatic rings. The number of hydrogen-bond acceptors (Lipinski definition) is 3. The van der Waals surface area contributed by atoms with Crippen molar-refractivity contribution >= 4 is 11.6 Å². The average Bonchev–Trinajstić information content (AvgIpc) is 2.67. The summed E-state index contributed by atoms with van der Waals surface area (Å²) < 4.78 is 5.15. The van der Waals surface area contributed by atoms with E-state index >= 15 is 0 Å². The van der Waals surface area contributed by atoms with Gasteiger partial charge < -0.3 is 4.74 Å². The smallest absolute Gasteiger partial charge is 0.173 e. The van der Waals surface area contributed by atoms with Crippen LogP contribution >= 0.6 is 0 Å². The van der Waals surface area contributed by atoms with Crippen molar-refractivity contribution in [2.45, 2.75) is 52.4 Å². The van der Waals surface area contributed by atoms with Gasteiger partial charge in [-0.05, 0) is 41.7 Å². The molecule has 0 aliphatic heterocycles. The molecular weight excluding hydrogens is 336 g/mol. The number of rotatable bonds is 8. The molecule has 0 N–H and O–H groups in total. The lowest BCUT2D eigenvalue weighted by Crippen LogP contribution is -2.25. The number of Topliss-reactive ketones (excluding diaryl/α,β-unsaturated/α-hetero) is 2. The molecule has 0 fully saturated rings. The van der Waals surface area contributed by atoms with Crippen LogP contribution in [0.5, 0.6) is 5.75 Å². The van der Waals surface area contributed by atoms with Gasteiger partial charge in [0.15, 0.2) is 11.6 Å². The van der Waals surface area contributed by atoms with Gasteiger partial charge in [-0.2, -0.15) is 0 Å². The van der Waals surface area contributed by atoms with Crippen molar-refractivity contribution in [2.75, 3.05) is 7.11 Å². The van der Waals surface area contributed by atoms with Crippen LogP contribution in [0.1, 0.15) is 73.2 Å².